The Balaban J connectivity index is 2.15. The Morgan fingerprint density at radius 1 is 1.04 bits per heavy atom. The summed E-state index contributed by atoms with van der Waals surface area (Å²) >= 11 is 0. The van der Waals surface area contributed by atoms with Gasteiger partial charge in [0.2, 0.25) is 5.75 Å². The third kappa shape index (κ3) is 3.02. The monoisotopic (exact) mass is 356 g/mol. The van der Waals surface area contributed by atoms with E-state index in [-0.39, 0.29) is 5.69 Å². The van der Waals surface area contributed by atoms with Crippen LogP contribution in [0.15, 0.2) is 36.7 Å². The van der Waals surface area contributed by atoms with Gasteiger partial charge in [0, 0.05) is 17.8 Å². The van der Waals surface area contributed by atoms with E-state index in [1.165, 1.54) is 39.8 Å². The van der Waals surface area contributed by atoms with Crippen molar-refractivity contribution in [2.75, 3.05) is 26.6 Å². The molecule has 0 unspecified atom stereocenters. The Hall–Kier alpha value is -3.62. The average molecular weight is 356 g/mol. The molecule has 9 heteroatoms. The maximum absolute atomic E-state index is 11.0. The first-order chi connectivity index (χ1) is 12.6. The van der Waals surface area contributed by atoms with Gasteiger partial charge >= 0.3 is 0 Å². The van der Waals surface area contributed by atoms with Crippen LogP contribution < -0.4 is 19.5 Å². The Morgan fingerprint density at radius 3 is 2.46 bits per heavy atom. The van der Waals surface area contributed by atoms with Crippen molar-refractivity contribution in [3.05, 3.63) is 46.8 Å². The third-order valence-electron chi connectivity index (χ3n) is 3.75. The fraction of sp³-hybridized carbons (Fsp3) is 0.176. The molecule has 0 spiro atoms. The number of hydrogen-bond donors (Lipinski definition) is 1. The van der Waals surface area contributed by atoms with Crippen molar-refractivity contribution in [3.8, 4) is 17.2 Å². The Bertz CT molecular complexity index is 977. The lowest BCUT2D eigenvalue weighted by Crippen LogP contribution is -2.01. The Labute approximate surface area is 148 Å². The standard InChI is InChI=1S/C17H16N4O5/c1-24-13-8-12-14(16(26-3)15(13)25-2)18-9-19-17(12)20-10-5-4-6-11(7-10)21(22)23/h4-9H,1-3H3,(H,18,19,20). The van der Waals surface area contributed by atoms with Crippen molar-refractivity contribution in [2.45, 2.75) is 0 Å². The number of rotatable bonds is 6. The molecule has 2 aromatic carbocycles. The number of ether oxygens (including phenoxy) is 3. The minimum absolute atomic E-state index is 0.0230. The number of methoxy groups -OCH3 is 3. The molecule has 0 amide bonds. The highest BCUT2D eigenvalue weighted by Gasteiger charge is 2.19. The molecular weight excluding hydrogens is 340 g/mol. The lowest BCUT2D eigenvalue weighted by atomic mass is 10.1. The molecule has 0 saturated heterocycles. The molecule has 0 aliphatic heterocycles. The van der Waals surface area contributed by atoms with Crippen LogP contribution >= 0.6 is 0 Å². The Morgan fingerprint density at radius 2 is 1.81 bits per heavy atom. The van der Waals surface area contributed by atoms with E-state index in [2.05, 4.69) is 15.3 Å². The molecule has 3 aromatic rings. The first kappa shape index (κ1) is 17.2. The molecule has 1 aromatic heterocycles. The molecule has 0 atom stereocenters. The zero-order chi connectivity index (χ0) is 18.7. The van der Waals surface area contributed by atoms with Gasteiger partial charge in [0.05, 0.1) is 31.6 Å². The van der Waals surface area contributed by atoms with Crippen LogP contribution in [0.2, 0.25) is 0 Å². The maximum atomic E-state index is 11.0. The van der Waals surface area contributed by atoms with Gasteiger partial charge in [-0.3, -0.25) is 10.1 Å². The van der Waals surface area contributed by atoms with Gasteiger partial charge in [-0.05, 0) is 12.1 Å². The number of nitrogens with zero attached hydrogens (tertiary/aromatic N) is 3. The highest BCUT2D eigenvalue weighted by molar-refractivity contribution is 5.97. The number of aromatic nitrogens is 2. The molecule has 1 N–H and O–H groups in total. The number of fused-ring (bicyclic) bond motifs is 1. The molecule has 0 radical (unpaired) electrons. The second-order valence-electron chi connectivity index (χ2n) is 5.20. The van der Waals surface area contributed by atoms with Gasteiger partial charge in [-0.15, -0.1) is 0 Å². The topological polar surface area (TPSA) is 109 Å². The third-order valence-corrected chi connectivity index (χ3v) is 3.75. The van der Waals surface area contributed by atoms with Crippen molar-refractivity contribution in [3.63, 3.8) is 0 Å². The maximum Gasteiger partial charge on any atom is 0.271 e. The Kier molecular flexibility index (Phi) is 4.70. The number of nitrogens with one attached hydrogen (secondary N) is 1. The summed E-state index contributed by atoms with van der Waals surface area (Å²) in [5.41, 5.74) is 1.02. The van der Waals surface area contributed by atoms with Gasteiger partial charge in [0.1, 0.15) is 17.7 Å². The van der Waals surface area contributed by atoms with Crippen molar-refractivity contribution < 1.29 is 19.1 Å². The molecule has 1 heterocycles. The van der Waals surface area contributed by atoms with E-state index in [4.69, 9.17) is 14.2 Å². The number of anilines is 2. The van der Waals surface area contributed by atoms with Crippen LogP contribution in [0.5, 0.6) is 17.2 Å². The average Bonchev–Trinajstić information content (AvgIpc) is 2.66. The largest absolute Gasteiger partial charge is 0.493 e. The van der Waals surface area contributed by atoms with Crippen molar-refractivity contribution in [2.24, 2.45) is 0 Å². The molecule has 3 rings (SSSR count). The SMILES string of the molecule is COc1cc2c(Nc3cccc([N+](=O)[O-])c3)ncnc2c(OC)c1OC. The predicted molar refractivity (Wildman–Crippen MR) is 95.6 cm³/mol. The molecule has 26 heavy (non-hydrogen) atoms. The number of non-ortho nitro benzene ring substituents is 1. The summed E-state index contributed by atoms with van der Waals surface area (Å²) < 4.78 is 16.2. The van der Waals surface area contributed by atoms with E-state index in [0.29, 0.717) is 39.7 Å². The van der Waals surface area contributed by atoms with Crippen molar-refractivity contribution in [1.82, 2.24) is 9.97 Å². The number of benzene rings is 2. The van der Waals surface area contributed by atoms with Crippen LogP contribution in [0, 0.1) is 10.1 Å². The molecule has 0 bridgehead atoms. The molecule has 0 fully saturated rings. The van der Waals surface area contributed by atoms with Crippen molar-refractivity contribution >= 4 is 28.1 Å². The first-order valence-electron chi connectivity index (χ1n) is 7.54. The van der Waals surface area contributed by atoms with Gasteiger partial charge in [-0.1, -0.05) is 6.07 Å². The fourth-order valence-electron chi connectivity index (χ4n) is 2.60. The van der Waals surface area contributed by atoms with E-state index in [9.17, 15) is 10.1 Å². The van der Waals surface area contributed by atoms with Gasteiger partial charge in [0.15, 0.2) is 11.5 Å². The molecule has 0 aliphatic rings. The molecule has 0 aliphatic carbocycles. The van der Waals surface area contributed by atoms with Gasteiger partial charge < -0.3 is 19.5 Å². The summed E-state index contributed by atoms with van der Waals surface area (Å²) in [6.45, 7) is 0. The van der Waals surface area contributed by atoms with E-state index >= 15 is 0 Å². The lowest BCUT2D eigenvalue weighted by molar-refractivity contribution is -0.384. The van der Waals surface area contributed by atoms with Gasteiger partial charge in [-0.2, -0.15) is 0 Å². The highest BCUT2D eigenvalue weighted by Crippen LogP contribution is 2.44. The summed E-state index contributed by atoms with van der Waals surface area (Å²) in [6, 6.07) is 7.86. The smallest absolute Gasteiger partial charge is 0.271 e. The summed E-state index contributed by atoms with van der Waals surface area (Å²) in [6.07, 6.45) is 1.37. The number of nitro groups is 1. The van der Waals surface area contributed by atoms with Crippen LogP contribution in [0.4, 0.5) is 17.2 Å². The van der Waals surface area contributed by atoms with E-state index in [1.807, 2.05) is 0 Å². The van der Waals surface area contributed by atoms with Crippen LogP contribution in [-0.2, 0) is 0 Å². The second kappa shape index (κ2) is 7.09. The number of hydrogen-bond acceptors (Lipinski definition) is 8. The lowest BCUT2D eigenvalue weighted by Gasteiger charge is -2.15. The molecule has 0 saturated carbocycles. The van der Waals surface area contributed by atoms with Crippen LogP contribution in [0.3, 0.4) is 0 Å². The number of nitro benzene ring substituents is 1. The van der Waals surface area contributed by atoms with Gasteiger partial charge in [0.25, 0.3) is 5.69 Å². The summed E-state index contributed by atoms with van der Waals surface area (Å²) in [4.78, 5) is 19.0. The summed E-state index contributed by atoms with van der Waals surface area (Å²) in [5.74, 6) is 1.73. The van der Waals surface area contributed by atoms with Crippen LogP contribution in [0.1, 0.15) is 0 Å². The minimum atomic E-state index is -0.458. The predicted octanol–water partition coefficient (Wildman–Crippen LogP) is 3.31. The first-order valence-corrected chi connectivity index (χ1v) is 7.54. The minimum Gasteiger partial charge on any atom is -0.493 e. The molecule has 134 valence electrons. The van der Waals surface area contributed by atoms with E-state index in [1.54, 1.807) is 18.2 Å². The van der Waals surface area contributed by atoms with Crippen molar-refractivity contribution in [1.29, 1.82) is 0 Å². The van der Waals surface area contributed by atoms with Crippen LogP contribution in [0.25, 0.3) is 10.9 Å². The quantitative estimate of drug-likeness (QED) is 0.529. The summed E-state index contributed by atoms with van der Waals surface area (Å²) in [7, 11) is 4.53. The zero-order valence-electron chi connectivity index (χ0n) is 14.3. The van der Waals surface area contributed by atoms with Gasteiger partial charge in [-0.25, -0.2) is 9.97 Å². The molecular formula is C17H16N4O5. The molecule has 9 nitrogen and oxygen atoms in total. The zero-order valence-corrected chi connectivity index (χ0v) is 14.3. The van der Waals surface area contributed by atoms with E-state index < -0.39 is 4.92 Å². The van der Waals surface area contributed by atoms with Crippen LogP contribution in [-0.4, -0.2) is 36.2 Å². The second-order valence-corrected chi connectivity index (χ2v) is 5.20. The van der Waals surface area contributed by atoms with E-state index in [0.717, 1.165) is 0 Å². The normalized spacial score (nSPS) is 10.4. The summed E-state index contributed by atoms with van der Waals surface area (Å²) in [5, 5.41) is 14.7. The fourth-order valence-corrected chi connectivity index (χ4v) is 2.60. The highest BCUT2D eigenvalue weighted by atomic mass is 16.6.